The number of rotatable bonds is 2. The Kier molecular flexibility index (Phi) is 3.43. The molecule has 0 spiro atoms. The quantitative estimate of drug-likeness (QED) is 0.622. The summed E-state index contributed by atoms with van der Waals surface area (Å²) in [4.78, 5) is 13.5. The van der Waals surface area contributed by atoms with Crippen LogP contribution in [0.4, 0.5) is 11.7 Å². The predicted molar refractivity (Wildman–Crippen MR) is 55.8 cm³/mol. The van der Waals surface area contributed by atoms with E-state index in [2.05, 4.69) is 4.99 Å². The molecule has 0 radical (unpaired) electrons. The van der Waals surface area contributed by atoms with Crippen LogP contribution in [0, 0.1) is 0 Å². The van der Waals surface area contributed by atoms with Crippen LogP contribution in [0.5, 0.6) is 0 Å². The zero-order valence-electron chi connectivity index (χ0n) is 7.86. The van der Waals surface area contributed by atoms with E-state index in [1.165, 1.54) is 6.07 Å². The molecule has 0 fully saturated rings. The van der Waals surface area contributed by atoms with Crippen molar-refractivity contribution >= 4 is 23.1 Å². The van der Waals surface area contributed by atoms with Crippen molar-refractivity contribution in [1.29, 1.82) is 0 Å². The van der Waals surface area contributed by atoms with Gasteiger partial charge in [-0.25, -0.2) is 0 Å². The van der Waals surface area contributed by atoms with Crippen molar-refractivity contribution in [2.45, 2.75) is 4.90 Å². The molecule has 1 amide bonds. The maximum atomic E-state index is 12.4. The lowest BCUT2D eigenvalue weighted by Crippen LogP contribution is -2.24. The van der Waals surface area contributed by atoms with Gasteiger partial charge in [0.25, 0.3) is 5.91 Å². The van der Waals surface area contributed by atoms with Gasteiger partial charge < -0.3 is 11.5 Å². The summed E-state index contributed by atoms with van der Waals surface area (Å²) in [6.07, 6.45) is 0. The molecular weight excluding hydrogens is 243 g/mol. The summed E-state index contributed by atoms with van der Waals surface area (Å²) in [5.74, 6) is -1.39. The van der Waals surface area contributed by atoms with Crippen LogP contribution in [0.15, 0.2) is 34.2 Å². The molecule has 0 aliphatic rings. The Morgan fingerprint density at radius 2 is 1.88 bits per heavy atom. The maximum Gasteiger partial charge on any atom is 0.280 e. The third-order valence-corrected chi connectivity index (χ3v) is 2.37. The smallest absolute Gasteiger partial charge is 0.280 e. The Hall–Kier alpha value is -1.70. The Morgan fingerprint density at radius 3 is 2.38 bits per heavy atom. The third-order valence-electron chi connectivity index (χ3n) is 1.58. The number of hydrogen-bond acceptors (Lipinski definition) is 1. The minimum Gasteiger partial charge on any atom is -0.370 e. The molecule has 16 heavy (non-hydrogen) atoms. The highest BCUT2D eigenvalue weighted by atomic mass is 32.3. The summed E-state index contributed by atoms with van der Waals surface area (Å²) in [6, 6.07) is 3.96. The number of halogens is 3. The third kappa shape index (κ3) is 3.16. The number of nitrogens with zero attached hydrogens (tertiary/aromatic N) is 1. The lowest BCUT2D eigenvalue weighted by molar-refractivity contribution is 0.100. The van der Waals surface area contributed by atoms with Gasteiger partial charge in [-0.1, -0.05) is 6.07 Å². The molecule has 8 heteroatoms. The standard InChI is InChI=1S/C8H8F3N3OS/c9-16(10,11)6-3-1-2-5(4-6)7(15)14-8(12)13/h1-4H,(H4,12,13,14,15). The summed E-state index contributed by atoms with van der Waals surface area (Å²) in [6.45, 7) is 0. The van der Waals surface area contributed by atoms with E-state index in [4.69, 9.17) is 11.5 Å². The fourth-order valence-electron chi connectivity index (χ4n) is 0.955. The molecule has 0 aliphatic carbocycles. The number of carbonyl (C=O) groups excluding carboxylic acids is 1. The van der Waals surface area contributed by atoms with Crippen LogP contribution in [0.3, 0.4) is 0 Å². The molecule has 4 nitrogen and oxygen atoms in total. The lowest BCUT2D eigenvalue weighted by Gasteiger charge is -2.09. The van der Waals surface area contributed by atoms with E-state index in [0.29, 0.717) is 0 Å². The summed E-state index contributed by atoms with van der Waals surface area (Å²) in [7, 11) is 0. The van der Waals surface area contributed by atoms with E-state index in [9.17, 15) is 16.5 Å². The average Bonchev–Trinajstić information content (AvgIpc) is 2.15. The molecule has 1 rings (SSSR count). The SMILES string of the molecule is NC(N)=NC(=O)c1cccc(S(F)(F)F)c1. The molecule has 0 saturated carbocycles. The normalized spacial score (nSPS) is 11.9. The second-order valence-corrected chi connectivity index (χ2v) is 4.06. The van der Waals surface area contributed by atoms with Crippen molar-refractivity contribution in [1.82, 2.24) is 0 Å². The van der Waals surface area contributed by atoms with E-state index in [0.717, 1.165) is 18.2 Å². The molecule has 1 aromatic rings. The number of guanidine groups is 1. The molecule has 0 heterocycles. The lowest BCUT2D eigenvalue weighted by atomic mass is 10.2. The molecular formula is C8H8F3N3OS. The van der Waals surface area contributed by atoms with Gasteiger partial charge in [-0.2, -0.15) is 4.99 Å². The summed E-state index contributed by atoms with van der Waals surface area (Å²) in [5.41, 5.74) is 9.69. The second kappa shape index (κ2) is 4.44. The van der Waals surface area contributed by atoms with Gasteiger partial charge in [0, 0.05) is 5.56 Å². The fourth-order valence-corrected chi connectivity index (χ4v) is 1.45. The molecule has 0 atom stereocenters. The first-order chi connectivity index (χ1) is 7.30. The van der Waals surface area contributed by atoms with Crippen LogP contribution in [0.2, 0.25) is 0 Å². The van der Waals surface area contributed by atoms with Gasteiger partial charge >= 0.3 is 0 Å². The Balaban J connectivity index is 3.09. The topological polar surface area (TPSA) is 81.5 Å². The molecule has 0 saturated heterocycles. The number of carbonyl (C=O) groups is 1. The first-order valence-electron chi connectivity index (χ1n) is 3.97. The van der Waals surface area contributed by atoms with Crippen LogP contribution in [-0.4, -0.2) is 11.9 Å². The van der Waals surface area contributed by atoms with Gasteiger partial charge in [-0.3, -0.25) is 4.79 Å². The number of benzene rings is 1. The summed E-state index contributed by atoms with van der Waals surface area (Å²) < 4.78 is 37.1. The molecule has 88 valence electrons. The zero-order chi connectivity index (χ0) is 12.3. The average molecular weight is 251 g/mol. The van der Waals surface area contributed by atoms with Crippen LogP contribution >= 0.6 is 11.2 Å². The van der Waals surface area contributed by atoms with Crippen molar-refractivity contribution in [3.05, 3.63) is 29.8 Å². The minimum atomic E-state index is -5.35. The van der Waals surface area contributed by atoms with Gasteiger partial charge in [0.1, 0.15) is 0 Å². The molecule has 0 bridgehead atoms. The molecule has 4 N–H and O–H groups in total. The summed E-state index contributed by atoms with van der Waals surface area (Å²) in [5, 5.41) is 0. The molecule has 0 aromatic heterocycles. The van der Waals surface area contributed by atoms with Gasteiger partial charge in [0.15, 0.2) is 5.96 Å². The maximum absolute atomic E-state index is 12.4. The number of amides is 1. The van der Waals surface area contributed by atoms with Gasteiger partial charge in [-0.05, 0) is 18.2 Å². The van der Waals surface area contributed by atoms with Crippen molar-refractivity contribution in [3.63, 3.8) is 0 Å². The van der Waals surface area contributed by atoms with Gasteiger partial charge in [-0.15, -0.1) is 11.7 Å². The van der Waals surface area contributed by atoms with Crippen molar-refractivity contribution in [3.8, 4) is 0 Å². The predicted octanol–water partition coefficient (Wildman–Crippen LogP) is 1.92. The van der Waals surface area contributed by atoms with Gasteiger partial charge in [0.05, 0.1) is 4.90 Å². The second-order valence-electron chi connectivity index (χ2n) is 2.78. The van der Waals surface area contributed by atoms with E-state index >= 15 is 0 Å². The highest BCUT2D eigenvalue weighted by Crippen LogP contribution is 2.60. The highest BCUT2D eigenvalue weighted by molar-refractivity contribution is 8.20. The van der Waals surface area contributed by atoms with Crippen LogP contribution in [-0.2, 0) is 0 Å². The highest BCUT2D eigenvalue weighted by Gasteiger charge is 2.24. The van der Waals surface area contributed by atoms with Crippen molar-refractivity contribution in [2.75, 3.05) is 0 Å². The van der Waals surface area contributed by atoms with E-state index in [-0.39, 0.29) is 5.56 Å². The largest absolute Gasteiger partial charge is 0.370 e. The first kappa shape index (κ1) is 12.4. The van der Waals surface area contributed by atoms with Crippen LogP contribution in [0.1, 0.15) is 10.4 Å². The van der Waals surface area contributed by atoms with Crippen molar-refractivity contribution in [2.24, 2.45) is 16.5 Å². The molecule has 0 unspecified atom stereocenters. The van der Waals surface area contributed by atoms with Crippen LogP contribution < -0.4 is 11.5 Å². The number of nitrogens with two attached hydrogens (primary N) is 2. The number of aliphatic imine (C=N–C) groups is 1. The first-order valence-corrected chi connectivity index (χ1v) is 5.30. The van der Waals surface area contributed by atoms with Crippen molar-refractivity contribution < 1.29 is 16.5 Å². The molecule has 1 aromatic carbocycles. The van der Waals surface area contributed by atoms with E-state index < -0.39 is 27.9 Å². The van der Waals surface area contributed by atoms with E-state index in [1.54, 1.807) is 0 Å². The monoisotopic (exact) mass is 251 g/mol. The van der Waals surface area contributed by atoms with Crippen LogP contribution in [0.25, 0.3) is 0 Å². The number of hydrogen-bond donors (Lipinski definition) is 2. The Labute approximate surface area is 91.3 Å². The Morgan fingerprint density at radius 1 is 1.25 bits per heavy atom. The summed E-state index contributed by atoms with van der Waals surface area (Å²) >= 11 is -5.35. The molecule has 0 aliphatic heterocycles. The minimum absolute atomic E-state index is 0.198. The fraction of sp³-hybridized carbons (Fsp3) is 0. The van der Waals surface area contributed by atoms with E-state index in [1.807, 2.05) is 0 Å². The zero-order valence-corrected chi connectivity index (χ0v) is 8.68. The Bertz CT molecular complexity index is 440. The van der Waals surface area contributed by atoms with Gasteiger partial charge in [0.2, 0.25) is 11.2 Å².